The molecule has 1 aliphatic heterocycles. The summed E-state index contributed by atoms with van der Waals surface area (Å²) < 4.78 is 31.9. The number of hydrogen-bond donors (Lipinski definition) is 0. The third kappa shape index (κ3) is 4.08. The van der Waals surface area contributed by atoms with Gasteiger partial charge in [0, 0.05) is 18.7 Å². The summed E-state index contributed by atoms with van der Waals surface area (Å²) in [6, 6.07) is 11.7. The molecule has 0 bridgehead atoms. The molecular weight excluding hydrogens is 364 g/mol. The highest BCUT2D eigenvalue weighted by Crippen LogP contribution is 2.27. The monoisotopic (exact) mass is 383 g/mol. The number of nitrogens with zero attached hydrogens (tertiary/aromatic N) is 3. The van der Waals surface area contributed by atoms with E-state index in [1.165, 1.54) is 36.4 Å². The lowest BCUT2D eigenvalue weighted by Crippen LogP contribution is -2.39. The molecule has 5 nitrogen and oxygen atoms in total. The second-order valence-corrected chi connectivity index (χ2v) is 6.93. The van der Waals surface area contributed by atoms with Crippen molar-refractivity contribution in [3.8, 4) is 0 Å². The second kappa shape index (κ2) is 7.88. The van der Waals surface area contributed by atoms with E-state index in [1.54, 1.807) is 17.0 Å². The Morgan fingerprint density at radius 2 is 1.71 bits per heavy atom. The quantitative estimate of drug-likeness (QED) is 0.684. The maximum absolute atomic E-state index is 13.1. The van der Waals surface area contributed by atoms with Gasteiger partial charge in [-0.1, -0.05) is 12.1 Å². The van der Waals surface area contributed by atoms with E-state index in [0.29, 0.717) is 36.9 Å². The number of piperidine rings is 1. The molecule has 144 valence electrons. The van der Waals surface area contributed by atoms with Gasteiger partial charge in [0.15, 0.2) is 0 Å². The van der Waals surface area contributed by atoms with E-state index in [0.717, 1.165) is 18.4 Å². The molecule has 7 heteroatoms. The van der Waals surface area contributed by atoms with E-state index in [1.807, 2.05) is 0 Å². The predicted octanol–water partition coefficient (Wildman–Crippen LogP) is 3.96. The molecule has 1 atom stereocenters. The largest absolute Gasteiger partial charge is 0.425 e. The normalized spacial score (nSPS) is 16.9. The lowest BCUT2D eigenvalue weighted by atomic mass is 9.97. The van der Waals surface area contributed by atoms with Gasteiger partial charge in [0.25, 0.3) is 5.91 Å². The zero-order valence-corrected chi connectivity index (χ0v) is 15.1. The van der Waals surface area contributed by atoms with E-state index in [4.69, 9.17) is 4.42 Å². The standard InChI is InChI=1S/C21H19F2N3O2/c22-17-7-3-14(4-8-17)12-19-24-25-20(28-19)16-2-1-11-26(13-16)21(27)15-5-9-18(23)10-6-15/h3-10,16H,1-2,11-13H2. The van der Waals surface area contributed by atoms with Crippen LogP contribution in [0.25, 0.3) is 0 Å². The fourth-order valence-corrected chi connectivity index (χ4v) is 3.42. The Bertz CT molecular complexity index is 955. The van der Waals surface area contributed by atoms with Crippen LogP contribution in [0.5, 0.6) is 0 Å². The third-order valence-corrected chi connectivity index (χ3v) is 4.90. The van der Waals surface area contributed by atoms with Gasteiger partial charge in [0.1, 0.15) is 11.6 Å². The maximum Gasteiger partial charge on any atom is 0.253 e. The van der Waals surface area contributed by atoms with Gasteiger partial charge in [-0.25, -0.2) is 8.78 Å². The molecule has 0 aliphatic carbocycles. The molecule has 1 unspecified atom stereocenters. The van der Waals surface area contributed by atoms with Crippen LogP contribution in [0.2, 0.25) is 0 Å². The molecule has 2 heterocycles. The molecule has 1 aromatic heterocycles. The van der Waals surface area contributed by atoms with Crippen molar-refractivity contribution < 1.29 is 18.0 Å². The first kappa shape index (κ1) is 18.3. The van der Waals surface area contributed by atoms with Crippen molar-refractivity contribution in [3.05, 3.63) is 83.1 Å². The highest BCUT2D eigenvalue weighted by molar-refractivity contribution is 5.94. The van der Waals surface area contributed by atoms with Gasteiger partial charge < -0.3 is 9.32 Å². The van der Waals surface area contributed by atoms with Gasteiger partial charge in [-0.15, -0.1) is 10.2 Å². The van der Waals surface area contributed by atoms with Crippen LogP contribution in [-0.4, -0.2) is 34.1 Å². The Kier molecular flexibility index (Phi) is 5.14. The topological polar surface area (TPSA) is 59.2 Å². The Hall–Kier alpha value is -3.09. The van der Waals surface area contributed by atoms with Gasteiger partial charge in [-0.05, 0) is 54.8 Å². The number of likely N-dealkylation sites (tertiary alicyclic amines) is 1. The van der Waals surface area contributed by atoms with E-state index < -0.39 is 0 Å². The maximum atomic E-state index is 13.1. The molecule has 0 spiro atoms. The van der Waals surface area contributed by atoms with E-state index >= 15 is 0 Å². The molecule has 1 aliphatic rings. The first-order valence-electron chi connectivity index (χ1n) is 9.20. The van der Waals surface area contributed by atoms with Crippen LogP contribution in [-0.2, 0) is 6.42 Å². The summed E-state index contributed by atoms with van der Waals surface area (Å²) in [6.45, 7) is 1.12. The van der Waals surface area contributed by atoms with Crippen LogP contribution in [0, 0.1) is 11.6 Å². The van der Waals surface area contributed by atoms with Crippen molar-refractivity contribution in [2.24, 2.45) is 0 Å². The highest BCUT2D eigenvalue weighted by atomic mass is 19.1. The molecule has 1 fully saturated rings. The molecule has 4 rings (SSSR count). The van der Waals surface area contributed by atoms with E-state index in [2.05, 4.69) is 10.2 Å². The van der Waals surface area contributed by atoms with Gasteiger partial charge in [0.05, 0.1) is 12.3 Å². The van der Waals surface area contributed by atoms with Crippen molar-refractivity contribution in [1.29, 1.82) is 0 Å². The van der Waals surface area contributed by atoms with Crippen LogP contribution in [0.4, 0.5) is 8.78 Å². The molecule has 2 aromatic carbocycles. The Morgan fingerprint density at radius 1 is 1.04 bits per heavy atom. The zero-order chi connectivity index (χ0) is 19.5. The van der Waals surface area contributed by atoms with E-state index in [9.17, 15) is 13.6 Å². The first-order chi connectivity index (χ1) is 13.6. The summed E-state index contributed by atoms with van der Waals surface area (Å²) in [7, 11) is 0. The minimum absolute atomic E-state index is 0.0346. The molecule has 28 heavy (non-hydrogen) atoms. The van der Waals surface area contributed by atoms with Gasteiger partial charge in [0.2, 0.25) is 11.8 Å². The molecule has 1 saturated heterocycles. The number of amides is 1. The number of aromatic nitrogens is 2. The molecular formula is C21H19F2N3O2. The average Bonchev–Trinajstić information content (AvgIpc) is 3.18. The van der Waals surface area contributed by atoms with Crippen molar-refractivity contribution in [1.82, 2.24) is 15.1 Å². The predicted molar refractivity (Wildman–Crippen MR) is 97.8 cm³/mol. The van der Waals surface area contributed by atoms with Crippen LogP contribution in [0.1, 0.15) is 46.5 Å². The summed E-state index contributed by atoms with van der Waals surface area (Å²) in [4.78, 5) is 14.4. The Balaban J connectivity index is 1.43. The first-order valence-corrected chi connectivity index (χ1v) is 9.20. The second-order valence-electron chi connectivity index (χ2n) is 6.93. The molecule has 0 saturated carbocycles. The van der Waals surface area contributed by atoms with Crippen molar-refractivity contribution in [3.63, 3.8) is 0 Å². The minimum Gasteiger partial charge on any atom is -0.425 e. The molecule has 1 amide bonds. The Labute approximate surface area is 161 Å². The average molecular weight is 383 g/mol. The highest BCUT2D eigenvalue weighted by Gasteiger charge is 2.29. The minimum atomic E-state index is -0.368. The number of carbonyl (C=O) groups is 1. The smallest absolute Gasteiger partial charge is 0.253 e. The SMILES string of the molecule is O=C(c1ccc(F)cc1)N1CCCC(c2nnc(Cc3ccc(F)cc3)o2)C1. The van der Waals surface area contributed by atoms with Crippen LogP contribution < -0.4 is 0 Å². The summed E-state index contributed by atoms with van der Waals surface area (Å²) >= 11 is 0. The molecule has 0 N–H and O–H groups in total. The van der Waals surface area contributed by atoms with Gasteiger partial charge in [-0.3, -0.25) is 4.79 Å². The van der Waals surface area contributed by atoms with Crippen molar-refractivity contribution in [2.75, 3.05) is 13.1 Å². The van der Waals surface area contributed by atoms with Crippen molar-refractivity contribution in [2.45, 2.75) is 25.2 Å². The fourth-order valence-electron chi connectivity index (χ4n) is 3.42. The van der Waals surface area contributed by atoms with Gasteiger partial charge in [-0.2, -0.15) is 0 Å². The summed E-state index contributed by atoms with van der Waals surface area (Å²) in [5.74, 6) is 0.149. The Morgan fingerprint density at radius 3 is 2.43 bits per heavy atom. The fraction of sp³-hybridized carbons (Fsp3) is 0.286. The summed E-state index contributed by atoms with van der Waals surface area (Å²) in [5, 5.41) is 8.24. The van der Waals surface area contributed by atoms with E-state index in [-0.39, 0.29) is 23.5 Å². The number of carbonyl (C=O) groups excluding carboxylic acids is 1. The molecule has 0 radical (unpaired) electrons. The summed E-state index contributed by atoms with van der Waals surface area (Å²) in [6.07, 6.45) is 2.11. The lowest BCUT2D eigenvalue weighted by Gasteiger charge is -2.31. The number of rotatable bonds is 4. The van der Waals surface area contributed by atoms with Crippen molar-refractivity contribution >= 4 is 5.91 Å². The van der Waals surface area contributed by atoms with Crippen LogP contribution >= 0.6 is 0 Å². The molecule has 3 aromatic rings. The lowest BCUT2D eigenvalue weighted by molar-refractivity contribution is 0.0698. The number of hydrogen-bond acceptors (Lipinski definition) is 4. The van der Waals surface area contributed by atoms with Gasteiger partial charge >= 0.3 is 0 Å². The summed E-state index contributed by atoms with van der Waals surface area (Å²) in [5.41, 5.74) is 1.35. The van der Waals surface area contributed by atoms with Crippen LogP contribution in [0.15, 0.2) is 52.9 Å². The third-order valence-electron chi connectivity index (χ3n) is 4.90. The number of halogens is 2. The number of benzene rings is 2. The van der Waals surface area contributed by atoms with Crippen LogP contribution in [0.3, 0.4) is 0 Å². The zero-order valence-electron chi connectivity index (χ0n) is 15.1.